The van der Waals surface area contributed by atoms with Crippen molar-refractivity contribution >= 4 is 22.8 Å². The zero-order valence-corrected chi connectivity index (χ0v) is 18.2. The maximum atomic E-state index is 13.8. The van der Waals surface area contributed by atoms with Crippen molar-refractivity contribution in [3.05, 3.63) is 60.0 Å². The molecule has 1 aromatic heterocycles. The summed E-state index contributed by atoms with van der Waals surface area (Å²) in [5.41, 5.74) is 0.712. The molecule has 33 heavy (non-hydrogen) atoms. The lowest BCUT2D eigenvalue weighted by molar-refractivity contribution is -0.135. The second kappa shape index (κ2) is 9.81. The third kappa shape index (κ3) is 5.02. The van der Waals surface area contributed by atoms with Crippen molar-refractivity contribution in [2.24, 2.45) is 0 Å². The summed E-state index contributed by atoms with van der Waals surface area (Å²) in [6.45, 7) is 2.67. The summed E-state index contributed by atoms with van der Waals surface area (Å²) in [7, 11) is 0. The summed E-state index contributed by atoms with van der Waals surface area (Å²) in [5, 5.41) is 12.8. The Hall–Kier alpha value is -3.75. The normalized spacial score (nSPS) is 15.3. The predicted octanol–water partition coefficient (Wildman–Crippen LogP) is 3.05. The van der Waals surface area contributed by atoms with Crippen molar-refractivity contribution in [3.63, 3.8) is 0 Å². The van der Waals surface area contributed by atoms with Crippen LogP contribution in [0.25, 0.3) is 11.0 Å². The Bertz CT molecular complexity index is 1160. The van der Waals surface area contributed by atoms with Gasteiger partial charge in [0.05, 0.1) is 11.0 Å². The van der Waals surface area contributed by atoms with Crippen LogP contribution in [0, 0.1) is 5.82 Å². The monoisotopic (exact) mass is 452 g/mol. The first-order chi connectivity index (χ1) is 16.0. The van der Waals surface area contributed by atoms with E-state index in [0.29, 0.717) is 43.4 Å². The molecule has 8 nitrogen and oxygen atoms in total. The largest absolute Gasteiger partial charge is 0.492 e. The third-order valence-electron chi connectivity index (χ3n) is 5.66. The second-order valence-corrected chi connectivity index (χ2v) is 7.89. The van der Waals surface area contributed by atoms with Crippen LogP contribution in [0.1, 0.15) is 36.7 Å². The van der Waals surface area contributed by atoms with E-state index in [-0.39, 0.29) is 23.5 Å². The number of aromatic nitrogens is 2. The lowest BCUT2D eigenvalue weighted by atomic mass is 10.1. The number of nitrogens with one attached hydrogen (secondary N) is 1. The van der Waals surface area contributed by atoms with Crippen molar-refractivity contribution in [2.45, 2.75) is 38.3 Å². The van der Waals surface area contributed by atoms with Crippen LogP contribution in [0.2, 0.25) is 0 Å². The number of piperidine rings is 1. The lowest BCUT2D eigenvalue weighted by Gasteiger charge is -2.34. The summed E-state index contributed by atoms with van der Waals surface area (Å²) >= 11 is 0. The zero-order chi connectivity index (χ0) is 23.4. The van der Waals surface area contributed by atoms with Crippen LogP contribution in [0.5, 0.6) is 11.6 Å². The summed E-state index contributed by atoms with van der Waals surface area (Å²) < 4.78 is 19.6. The van der Waals surface area contributed by atoms with Crippen LogP contribution in [-0.4, -0.2) is 57.0 Å². The van der Waals surface area contributed by atoms with Gasteiger partial charge in [-0.2, -0.15) is 0 Å². The Morgan fingerprint density at radius 3 is 2.42 bits per heavy atom. The molecule has 0 aliphatic carbocycles. The Kier molecular flexibility index (Phi) is 6.67. The van der Waals surface area contributed by atoms with Gasteiger partial charge in [-0.3, -0.25) is 9.59 Å². The molecule has 2 amide bonds. The molecule has 0 radical (unpaired) electrons. The fourth-order valence-electron chi connectivity index (χ4n) is 3.84. The number of benzene rings is 2. The highest BCUT2D eigenvalue weighted by molar-refractivity contribution is 5.99. The Labute approximate surface area is 190 Å². The van der Waals surface area contributed by atoms with Gasteiger partial charge in [-0.1, -0.05) is 31.2 Å². The van der Waals surface area contributed by atoms with Gasteiger partial charge in [0.2, 0.25) is 11.8 Å². The molecular formula is C24H25FN4O4. The molecule has 9 heteroatoms. The first kappa shape index (κ1) is 22.4. The summed E-state index contributed by atoms with van der Waals surface area (Å²) in [6.07, 6.45) is 1.30. The van der Waals surface area contributed by atoms with Crippen molar-refractivity contribution in [1.29, 1.82) is 0 Å². The zero-order valence-electron chi connectivity index (χ0n) is 18.2. The number of hydrogen-bond donors (Lipinski definition) is 2. The quantitative estimate of drug-likeness (QED) is 0.596. The van der Waals surface area contributed by atoms with Crippen LogP contribution in [-0.2, 0) is 4.79 Å². The van der Waals surface area contributed by atoms with Crippen LogP contribution in [0.15, 0.2) is 48.5 Å². The molecule has 2 aromatic carbocycles. The fourth-order valence-corrected chi connectivity index (χ4v) is 3.84. The van der Waals surface area contributed by atoms with E-state index in [4.69, 9.17) is 4.74 Å². The topological polar surface area (TPSA) is 105 Å². The van der Waals surface area contributed by atoms with Crippen molar-refractivity contribution in [3.8, 4) is 11.6 Å². The van der Waals surface area contributed by atoms with Gasteiger partial charge in [0.15, 0.2) is 17.3 Å². The average molecular weight is 452 g/mol. The first-order valence-corrected chi connectivity index (χ1v) is 10.9. The molecule has 3 aromatic rings. The average Bonchev–Trinajstić information content (AvgIpc) is 2.83. The van der Waals surface area contributed by atoms with E-state index in [1.807, 2.05) is 0 Å². The van der Waals surface area contributed by atoms with Gasteiger partial charge in [-0.25, -0.2) is 14.4 Å². The van der Waals surface area contributed by atoms with Gasteiger partial charge in [0.25, 0.3) is 5.91 Å². The molecule has 1 saturated heterocycles. The number of hydrogen-bond acceptors (Lipinski definition) is 6. The number of carbonyl (C=O) groups is 2. The van der Waals surface area contributed by atoms with Crippen molar-refractivity contribution in [1.82, 2.24) is 20.2 Å². The lowest BCUT2D eigenvalue weighted by Crippen LogP contribution is -2.51. The SMILES string of the molecule is CC[C@H](NC(=O)c1nc2ccccc2nc1O)C(=O)N1CCC(Oc2ccccc2F)CC1. The second-order valence-electron chi connectivity index (χ2n) is 7.89. The van der Waals surface area contributed by atoms with E-state index >= 15 is 0 Å². The Morgan fingerprint density at radius 1 is 1.12 bits per heavy atom. The van der Waals surface area contributed by atoms with E-state index < -0.39 is 23.6 Å². The van der Waals surface area contributed by atoms with Crippen molar-refractivity contribution < 1.29 is 23.8 Å². The molecule has 172 valence electrons. The highest BCUT2D eigenvalue weighted by atomic mass is 19.1. The molecule has 0 saturated carbocycles. The van der Waals surface area contributed by atoms with Crippen molar-refractivity contribution in [2.75, 3.05) is 13.1 Å². The number of nitrogens with zero attached hydrogens (tertiary/aromatic N) is 3. The molecular weight excluding hydrogens is 427 g/mol. The van der Waals surface area contributed by atoms with Crippen LogP contribution < -0.4 is 10.1 Å². The van der Waals surface area contributed by atoms with E-state index in [1.165, 1.54) is 6.07 Å². The predicted molar refractivity (Wildman–Crippen MR) is 119 cm³/mol. The molecule has 1 atom stereocenters. The maximum absolute atomic E-state index is 13.8. The fraction of sp³-hybridized carbons (Fsp3) is 0.333. The number of fused-ring (bicyclic) bond motifs is 1. The number of rotatable bonds is 6. The van der Waals surface area contributed by atoms with Crippen LogP contribution in [0.4, 0.5) is 4.39 Å². The molecule has 1 aliphatic rings. The van der Waals surface area contributed by atoms with Gasteiger partial charge in [-0.15, -0.1) is 0 Å². The Morgan fingerprint density at radius 2 is 1.76 bits per heavy atom. The summed E-state index contributed by atoms with van der Waals surface area (Å²) in [6, 6.07) is 12.4. The van der Waals surface area contributed by atoms with E-state index in [0.717, 1.165) is 0 Å². The summed E-state index contributed by atoms with van der Waals surface area (Å²) in [4.78, 5) is 35.6. The molecule has 0 bridgehead atoms. The van der Waals surface area contributed by atoms with Crippen LogP contribution >= 0.6 is 0 Å². The number of ether oxygens (including phenoxy) is 1. The van der Waals surface area contributed by atoms with E-state index in [1.54, 1.807) is 54.3 Å². The highest BCUT2D eigenvalue weighted by Crippen LogP contribution is 2.22. The number of aromatic hydroxyl groups is 1. The first-order valence-electron chi connectivity index (χ1n) is 10.9. The highest BCUT2D eigenvalue weighted by Gasteiger charge is 2.30. The van der Waals surface area contributed by atoms with Gasteiger partial charge < -0.3 is 20.1 Å². The van der Waals surface area contributed by atoms with Gasteiger partial charge in [0, 0.05) is 25.9 Å². The molecule has 0 spiro atoms. The van der Waals surface area contributed by atoms with Gasteiger partial charge >= 0.3 is 0 Å². The Balaban J connectivity index is 1.37. The van der Waals surface area contributed by atoms with Crippen LogP contribution in [0.3, 0.4) is 0 Å². The summed E-state index contributed by atoms with van der Waals surface area (Å²) in [5.74, 6) is -1.58. The van der Waals surface area contributed by atoms with Gasteiger partial charge in [0.1, 0.15) is 12.1 Å². The number of amides is 2. The molecule has 4 rings (SSSR count). The number of carbonyl (C=O) groups excluding carboxylic acids is 2. The minimum absolute atomic E-state index is 0.189. The minimum atomic E-state index is -0.769. The standard InChI is InChI=1S/C24H25FN4O4/c1-2-17(27-22(30)21-23(31)28-19-9-5-4-8-18(19)26-21)24(32)29-13-11-15(12-14-29)33-20-10-6-3-7-16(20)25/h3-10,15,17H,2,11-14H2,1H3,(H,27,30)(H,28,31)/t17-/m0/s1. The minimum Gasteiger partial charge on any atom is -0.492 e. The third-order valence-corrected chi connectivity index (χ3v) is 5.66. The van der Waals surface area contributed by atoms with E-state index in [2.05, 4.69) is 15.3 Å². The number of halogens is 1. The molecule has 0 unspecified atom stereocenters. The maximum Gasteiger partial charge on any atom is 0.276 e. The molecule has 1 aliphatic heterocycles. The number of para-hydroxylation sites is 3. The molecule has 1 fully saturated rings. The number of likely N-dealkylation sites (tertiary alicyclic amines) is 1. The van der Waals surface area contributed by atoms with E-state index in [9.17, 15) is 19.1 Å². The smallest absolute Gasteiger partial charge is 0.276 e. The van der Waals surface area contributed by atoms with Gasteiger partial charge in [-0.05, 0) is 30.7 Å². The molecule has 2 N–H and O–H groups in total. The molecule has 2 heterocycles.